The van der Waals surface area contributed by atoms with Gasteiger partial charge in [0.15, 0.2) is 0 Å². The van der Waals surface area contributed by atoms with Crippen LogP contribution < -0.4 is 0 Å². The van der Waals surface area contributed by atoms with Gasteiger partial charge in [-0.25, -0.2) is 0 Å². The summed E-state index contributed by atoms with van der Waals surface area (Å²) >= 11 is 0. The summed E-state index contributed by atoms with van der Waals surface area (Å²) in [4.78, 5) is 0. The van der Waals surface area contributed by atoms with E-state index in [0.717, 1.165) is 0 Å². The molecule has 1 atom stereocenters. The Balaban J connectivity index is 2.19. The van der Waals surface area contributed by atoms with Crippen LogP contribution in [0.1, 0.15) is 49.4 Å². The lowest BCUT2D eigenvalue weighted by atomic mass is 9.75. The number of rotatable bonds is 1. The van der Waals surface area contributed by atoms with Gasteiger partial charge in [0.25, 0.3) is 0 Å². The fraction of sp³-hybridized carbons (Fsp3) is 0.368. The third-order valence-electron chi connectivity index (χ3n) is 4.73. The fourth-order valence-corrected chi connectivity index (χ4v) is 3.81. The average Bonchev–Trinajstić information content (AvgIpc) is 2.59. The first-order valence-electron chi connectivity index (χ1n) is 7.11. The van der Waals surface area contributed by atoms with E-state index in [2.05, 4.69) is 76.2 Å². The van der Waals surface area contributed by atoms with Gasteiger partial charge in [-0.05, 0) is 35.4 Å². The predicted molar refractivity (Wildman–Crippen MR) is 81.7 cm³/mol. The van der Waals surface area contributed by atoms with E-state index in [1.165, 1.54) is 28.7 Å². The van der Waals surface area contributed by atoms with E-state index in [-0.39, 0.29) is 10.8 Å². The first-order chi connectivity index (χ1) is 8.93. The Labute approximate surface area is 116 Å². The molecule has 0 bridgehead atoms. The van der Waals surface area contributed by atoms with Crippen molar-refractivity contribution in [3.8, 4) is 0 Å². The first kappa shape index (κ1) is 12.5. The second-order valence-corrected chi connectivity index (χ2v) is 6.80. The Bertz CT molecular complexity index is 604. The molecular weight excluding hydrogens is 228 g/mol. The molecule has 0 spiro atoms. The molecular formula is C19H22. The number of fused-ring (bicyclic) bond motifs is 1. The van der Waals surface area contributed by atoms with Crippen LogP contribution in [0.5, 0.6) is 0 Å². The lowest BCUT2D eigenvalue weighted by Crippen LogP contribution is -2.23. The summed E-state index contributed by atoms with van der Waals surface area (Å²) in [5.41, 5.74) is 6.19. The summed E-state index contributed by atoms with van der Waals surface area (Å²) in [5.74, 6) is 0. The average molecular weight is 250 g/mol. The van der Waals surface area contributed by atoms with Gasteiger partial charge >= 0.3 is 0 Å². The van der Waals surface area contributed by atoms with E-state index in [0.29, 0.717) is 0 Å². The standard InChI is InChI=1S/C19H22/c1-14-9-11-15(12-10-14)19(4)13-18(2,3)16-7-5-6-8-17(16)19/h5-12H,13H2,1-4H3. The van der Waals surface area contributed by atoms with Crippen LogP contribution in [0.4, 0.5) is 0 Å². The van der Waals surface area contributed by atoms with Crippen LogP contribution in [0.15, 0.2) is 48.5 Å². The summed E-state index contributed by atoms with van der Waals surface area (Å²) in [5, 5.41) is 0. The largest absolute Gasteiger partial charge is 0.0620 e. The zero-order valence-electron chi connectivity index (χ0n) is 12.3. The summed E-state index contributed by atoms with van der Waals surface area (Å²) in [6.45, 7) is 9.28. The van der Waals surface area contributed by atoms with E-state index in [9.17, 15) is 0 Å². The molecule has 0 amide bonds. The van der Waals surface area contributed by atoms with E-state index in [4.69, 9.17) is 0 Å². The van der Waals surface area contributed by atoms with Crippen LogP contribution >= 0.6 is 0 Å². The van der Waals surface area contributed by atoms with Gasteiger partial charge in [0.05, 0.1) is 0 Å². The van der Waals surface area contributed by atoms with Crippen LogP contribution in [-0.2, 0) is 10.8 Å². The second kappa shape index (κ2) is 3.96. The van der Waals surface area contributed by atoms with Crippen LogP contribution in [0.3, 0.4) is 0 Å². The van der Waals surface area contributed by atoms with E-state index < -0.39 is 0 Å². The molecule has 0 heterocycles. The van der Waals surface area contributed by atoms with Crippen molar-refractivity contribution < 1.29 is 0 Å². The summed E-state index contributed by atoms with van der Waals surface area (Å²) < 4.78 is 0. The van der Waals surface area contributed by atoms with E-state index in [1.54, 1.807) is 0 Å². The van der Waals surface area contributed by atoms with Crippen molar-refractivity contribution in [1.29, 1.82) is 0 Å². The number of hydrogen-bond donors (Lipinski definition) is 0. The smallest absolute Gasteiger partial charge is 0.0185 e. The van der Waals surface area contributed by atoms with Gasteiger partial charge in [-0.1, -0.05) is 74.9 Å². The number of hydrogen-bond acceptors (Lipinski definition) is 0. The number of aryl methyl sites for hydroxylation is 1. The van der Waals surface area contributed by atoms with Crippen LogP contribution in [-0.4, -0.2) is 0 Å². The topological polar surface area (TPSA) is 0 Å². The highest BCUT2D eigenvalue weighted by Gasteiger charge is 2.45. The van der Waals surface area contributed by atoms with E-state index >= 15 is 0 Å². The van der Waals surface area contributed by atoms with Crippen molar-refractivity contribution >= 4 is 0 Å². The molecule has 0 saturated heterocycles. The molecule has 0 aliphatic heterocycles. The Kier molecular flexibility index (Phi) is 2.60. The minimum absolute atomic E-state index is 0.147. The van der Waals surface area contributed by atoms with Gasteiger partial charge in [-0.3, -0.25) is 0 Å². The Hall–Kier alpha value is -1.56. The molecule has 1 aliphatic rings. The van der Waals surface area contributed by atoms with Crippen LogP contribution in [0, 0.1) is 6.92 Å². The molecule has 0 fully saturated rings. The van der Waals surface area contributed by atoms with Crippen molar-refractivity contribution in [2.75, 3.05) is 0 Å². The maximum Gasteiger partial charge on any atom is 0.0185 e. The summed E-state index contributed by atoms with van der Waals surface area (Å²) in [6.07, 6.45) is 1.18. The van der Waals surface area contributed by atoms with Gasteiger partial charge in [-0.2, -0.15) is 0 Å². The Morgan fingerprint density at radius 3 is 2.00 bits per heavy atom. The van der Waals surface area contributed by atoms with E-state index in [1.807, 2.05) is 0 Å². The molecule has 0 heteroatoms. The second-order valence-electron chi connectivity index (χ2n) is 6.80. The maximum absolute atomic E-state index is 2.39. The van der Waals surface area contributed by atoms with Crippen molar-refractivity contribution in [2.24, 2.45) is 0 Å². The molecule has 0 saturated carbocycles. The summed E-state index contributed by atoms with van der Waals surface area (Å²) in [7, 11) is 0. The molecule has 0 nitrogen and oxygen atoms in total. The summed E-state index contributed by atoms with van der Waals surface area (Å²) in [6, 6.07) is 18.0. The van der Waals surface area contributed by atoms with Gasteiger partial charge < -0.3 is 0 Å². The maximum atomic E-state index is 2.39. The molecule has 1 unspecified atom stereocenters. The van der Waals surface area contributed by atoms with Gasteiger partial charge in [0.1, 0.15) is 0 Å². The molecule has 1 aliphatic carbocycles. The van der Waals surface area contributed by atoms with Crippen molar-refractivity contribution in [3.05, 3.63) is 70.8 Å². The molecule has 0 N–H and O–H groups in total. The monoisotopic (exact) mass is 250 g/mol. The highest BCUT2D eigenvalue weighted by atomic mass is 14.5. The van der Waals surface area contributed by atoms with Crippen LogP contribution in [0.2, 0.25) is 0 Å². The van der Waals surface area contributed by atoms with Gasteiger partial charge in [-0.15, -0.1) is 0 Å². The lowest BCUT2D eigenvalue weighted by Gasteiger charge is -2.28. The van der Waals surface area contributed by atoms with Gasteiger partial charge in [0, 0.05) is 5.41 Å². The fourth-order valence-electron chi connectivity index (χ4n) is 3.81. The third-order valence-corrected chi connectivity index (χ3v) is 4.73. The molecule has 2 aromatic carbocycles. The Morgan fingerprint density at radius 2 is 1.37 bits per heavy atom. The zero-order chi connectivity index (χ0) is 13.7. The minimum Gasteiger partial charge on any atom is -0.0620 e. The molecule has 2 aromatic rings. The minimum atomic E-state index is 0.147. The quantitative estimate of drug-likeness (QED) is 0.669. The highest BCUT2D eigenvalue weighted by Crippen LogP contribution is 2.52. The highest BCUT2D eigenvalue weighted by molar-refractivity contribution is 5.51. The number of benzene rings is 2. The molecule has 19 heavy (non-hydrogen) atoms. The molecule has 0 radical (unpaired) electrons. The van der Waals surface area contributed by atoms with Crippen LogP contribution in [0.25, 0.3) is 0 Å². The molecule has 0 aromatic heterocycles. The van der Waals surface area contributed by atoms with Crippen molar-refractivity contribution in [2.45, 2.75) is 44.9 Å². The van der Waals surface area contributed by atoms with Crippen molar-refractivity contribution in [3.63, 3.8) is 0 Å². The molecule has 98 valence electrons. The lowest BCUT2D eigenvalue weighted by molar-refractivity contribution is 0.425. The third kappa shape index (κ3) is 1.82. The SMILES string of the molecule is Cc1ccc(C2(C)CC(C)(C)c3ccccc32)cc1. The predicted octanol–water partition coefficient (Wildman–Crippen LogP) is 4.98. The normalized spacial score (nSPS) is 24.2. The first-order valence-corrected chi connectivity index (χ1v) is 7.11. The van der Waals surface area contributed by atoms with Gasteiger partial charge in [0.2, 0.25) is 0 Å². The van der Waals surface area contributed by atoms with Crippen molar-refractivity contribution in [1.82, 2.24) is 0 Å². The molecule has 3 rings (SSSR count). The Morgan fingerprint density at radius 1 is 0.789 bits per heavy atom. The zero-order valence-corrected chi connectivity index (χ0v) is 12.3.